The zero-order valence-corrected chi connectivity index (χ0v) is 12.5. The Labute approximate surface area is 125 Å². The lowest BCUT2D eigenvalue weighted by Crippen LogP contribution is -2.21. The van der Waals surface area contributed by atoms with Gasteiger partial charge in [-0.05, 0) is 48.9 Å². The molecule has 0 aromatic heterocycles. The lowest BCUT2D eigenvalue weighted by Gasteiger charge is -2.09. The van der Waals surface area contributed by atoms with E-state index in [0.717, 1.165) is 10.0 Å². The molecule has 20 heavy (non-hydrogen) atoms. The summed E-state index contributed by atoms with van der Waals surface area (Å²) in [7, 11) is 0. The predicted molar refractivity (Wildman–Crippen MR) is 82.4 cm³/mol. The van der Waals surface area contributed by atoms with Gasteiger partial charge in [0.25, 0.3) is 0 Å². The Morgan fingerprint density at radius 1 is 1.20 bits per heavy atom. The Morgan fingerprint density at radius 2 is 2.00 bits per heavy atom. The van der Waals surface area contributed by atoms with Crippen LogP contribution in [0.4, 0.5) is 15.8 Å². The van der Waals surface area contributed by atoms with Gasteiger partial charge < -0.3 is 10.6 Å². The first-order chi connectivity index (χ1) is 9.52. The van der Waals surface area contributed by atoms with Gasteiger partial charge in [0.15, 0.2) is 0 Å². The molecule has 0 saturated heterocycles. The molecule has 0 fully saturated rings. The van der Waals surface area contributed by atoms with Crippen LogP contribution in [0.2, 0.25) is 0 Å². The Morgan fingerprint density at radius 3 is 2.70 bits per heavy atom. The van der Waals surface area contributed by atoms with Crippen LogP contribution < -0.4 is 10.6 Å². The van der Waals surface area contributed by atoms with Gasteiger partial charge in [-0.3, -0.25) is 4.79 Å². The highest BCUT2D eigenvalue weighted by Gasteiger charge is 2.04. The summed E-state index contributed by atoms with van der Waals surface area (Å²) >= 11 is 3.34. The van der Waals surface area contributed by atoms with Gasteiger partial charge in [-0.15, -0.1) is 0 Å². The number of rotatable bonds is 4. The second kappa shape index (κ2) is 6.52. The Bertz CT molecular complexity index is 611. The third kappa shape index (κ3) is 4.35. The SMILES string of the molecule is Cc1cc(F)cc(NCC(=O)Nc2cccc(Br)c2)c1. The maximum atomic E-state index is 13.2. The van der Waals surface area contributed by atoms with Gasteiger partial charge in [0, 0.05) is 15.8 Å². The number of anilines is 2. The standard InChI is InChI=1S/C15H14BrFN2O/c1-10-5-12(17)8-14(6-10)18-9-15(20)19-13-4-2-3-11(16)7-13/h2-8,18H,9H2,1H3,(H,19,20). The van der Waals surface area contributed by atoms with Crippen molar-refractivity contribution in [2.75, 3.05) is 17.2 Å². The zero-order chi connectivity index (χ0) is 14.5. The van der Waals surface area contributed by atoms with E-state index in [1.54, 1.807) is 19.1 Å². The fourth-order valence-electron chi connectivity index (χ4n) is 1.79. The van der Waals surface area contributed by atoms with Crippen LogP contribution >= 0.6 is 15.9 Å². The maximum absolute atomic E-state index is 13.2. The van der Waals surface area contributed by atoms with Crippen LogP contribution in [0.25, 0.3) is 0 Å². The second-order valence-electron chi connectivity index (χ2n) is 4.43. The topological polar surface area (TPSA) is 41.1 Å². The number of hydrogen-bond donors (Lipinski definition) is 2. The van der Waals surface area contributed by atoms with Gasteiger partial charge in [0.05, 0.1) is 6.54 Å². The molecule has 104 valence electrons. The predicted octanol–water partition coefficient (Wildman–Crippen LogP) is 3.95. The highest BCUT2D eigenvalue weighted by Crippen LogP contribution is 2.16. The highest BCUT2D eigenvalue weighted by molar-refractivity contribution is 9.10. The van der Waals surface area contributed by atoms with Crippen molar-refractivity contribution in [3.05, 3.63) is 58.3 Å². The summed E-state index contributed by atoms with van der Waals surface area (Å²) in [4.78, 5) is 11.8. The summed E-state index contributed by atoms with van der Waals surface area (Å²) in [6.07, 6.45) is 0. The molecule has 0 unspecified atom stereocenters. The number of nitrogens with one attached hydrogen (secondary N) is 2. The van der Waals surface area contributed by atoms with Crippen molar-refractivity contribution >= 4 is 33.2 Å². The van der Waals surface area contributed by atoms with Gasteiger partial charge in [-0.2, -0.15) is 0 Å². The molecule has 0 heterocycles. The van der Waals surface area contributed by atoms with E-state index in [2.05, 4.69) is 26.6 Å². The average Bonchev–Trinajstić information content (AvgIpc) is 2.35. The van der Waals surface area contributed by atoms with Gasteiger partial charge in [-0.25, -0.2) is 4.39 Å². The van der Waals surface area contributed by atoms with Crippen molar-refractivity contribution in [2.45, 2.75) is 6.92 Å². The molecule has 2 aromatic rings. The summed E-state index contributed by atoms with van der Waals surface area (Å²) in [5, 5.41) is 5.65. The minimum atomic E-state index is -0.320. The summed E-state index contributed by atoms with van der Waals surface area (Å²) in [6.45, 7) is 1.88. The van der Waals surface area contributed by atoms with Crippen molar-refractivity contribution in [1.29, 1.82) is 0 Å². The van der Waals surface area contributed by atoms with Crippen LogP contribution in [0.15, 0.2) is 46.9 Å². The fraction of sp³-hybridized carbons (Fsp3) is 0.133. The zero-order valence-electron chi connectivity index (χ0n) is 10.9. The minimum Gasteiger partial charge on any atom is -0.376 e. The first-order valence-electron chi connectivity index (χ1n) is 6.09. The molecule has 3 nitrogen and oxygen atoms in total. The number of aryl methyl sites for hydroxylation is 1. The van der Waals surface area contributed by atoms with E-state index in [4.69, 9.17) is 0 Å². The van der Waals surface area contributed by atoms with Gasteiger partial charge in [0.2, 0.25) is 5.91 Å². The molecule has 0 aliphatic rings. The van der Waals surface area contributed by atoms with E-state index in [0.29, 0.717) is 11.4 Å². The van der Waals surface area contributed by atoms with Crippen LogP contribution in [-0.2, 0) is 4.79 Å². The van der Waals surface area contributed by atoms with Crippen LogP contribution in [0.3, 0.4) is 0 Å². The van der Waals surface area contributed by atoms with Crippen LogP contribution in [-0.4, -0.2) is 12.5 Å². The van der Waals surface area contributed by atoms with E-state index in [1.165, 1.54) is 12.1 Å². The molecule has 5 heteroatoms. The smallest absolute Gasteiger partial charge is 0.243 e. The lowest BCUT2D eigenvalue weighted by molar-refractivity contribution is -0.114. The minimum absolute atomic E-state index is 0.0788. The molecule has 0 aliphatic heterocycles. The van der Waals surface area contributed by atoms with Crippen molar-refractivity contribution in [3.8, 4) is 0 Å². The summed E-state index contributed by atoms with van der Waals surface area (Å²) in [5.41, 5.74) is 2.10. The normalized spacial score (nSPS) is 10.2. The van der Waals surface area contributed by atoms with Crippen molar-refractivity contribution in [2.24, 2.45) is 0 Å². The summed E-state index contributed by atoms with van der Waals surface area (Å²) < 4.78 is 14.1. The maximum Gasteiger partial charge on any atom is 0.243 e. The largest absolute Gasteiger partial charge is 0.376 e. The molecule has 0 radical (unpaired) electrons. The van der Waals surface area contributed by atoms with E-state index < -0.39 is 0 Å². The molecule has 0 saturated carbocycles. The van der Waals surface area contributed by atoms with Crippen molar-refractivity contribution < 1.29 is 9.18 Å². The highest BCUT2D eigenvalue weighted by atomic mass is 79.9. The number of hydrogen-bond acceptors (Lipinski definition) is 2. The van der Waals surface area contributed by atoms with Crippen molar-refractivity contribution in [3.63, 3.8) is 0 Å². The molecule has 2 N–H and O–H groups in total. The van der Waals surface area contributed by atoms with Crippen molar-refractivity contribution in [1.82, 2.24) is 0 Å². The Hall–Kier alpha value is -1.88. The molecular weight excluding hydrogens is 323 g/mol. The number of halogens is 2. The quantitative estimate of drug-likeness (QED) is 0.887. The Kier molecular flexibility index (Phi) is 4.74. The first-order valence-corrected chi connectivity index (χ1v) is 6.89. The molecule has 1 amide bonds. The van der Waals surface area contributed by atoms with Crippen LogP contribution in [0.5, 0.6) is 0 Å². The number of carbonyl (C=O) groups is 1. The summed E-state index contributed by atoms with van der Waals surface area (Å²) in [6, 6.07) is 11.9. The molecule has 2 rings (SSSR count). The van der Waals surface area contributed by atoms with E-state index in [-0.39, 0.29) is 18.3 Å². The molecule has 0 bridgehead atoms. The number of carbonyl (C=O) groups excluding carboxylic acids is 1. The first kappa shape index (κ1) is 14.5. The van der Waals surface area contributed by atoms with E-state index in [9.17, 15) is 9.18 Å². The molecule has 0 atom stereocenters. The fourth-order valence-corrected chi connectivity index (χ4v) is 2.19. The molecule has 2 aromatic carbocycles. The van der Waals surface area contributed by atoms with Gasteiger partial charge >= 0.3 is 0 Å². The summed E-state index contributed by atoms with van der Waals surface area (Å²) in [5.74, 6) is -0.509. The number of benzene rings is 2. The third-order valence-electron chi connectivity index (χ3n) is 2.60. The van der Waals surface area contributed by atoms with Crippen LogP contribution in [0, 0.1) is 12.7 Å². The third-order valence-corrected chi connectivity index (χ3v) is 3.10. The average molecular weight is 337 g/mol. The van der Waals surface area contributed by atoms with E-state index in [1.807, 2.05) is 18.2 Å². The monoisotopic (exact) mass is 336 g/mol. The van der Waals surface area contributed by atoms with Crippen LogP contribution in [0.1, 0.15) is 5.56 Å². The molecule has 0 spiro atoms. The van der Waals surface area contributed by atoms with E-state index >= 15 is 0 Å². The van der Waals surface area contributed by atoms with Gasteiger partial charge in [-0.1, -0.05) is 22.0 Å². The Balaban J connectivity index is 1.92. The second-order valence-corrected chi connectivity index (χ2v) is 5.35. The molecular formula is C15H14BrFN2O. The number of amides is 1. The molecule has 0 aliphatic carbocycles. The van der Waals surface area contributed by atoms with Gasteiger partial charge in [0.1, 0.15) is 5.82 Å². The lowest BCUT2D eigenvalue weighted by atomic mass is 10.2.